The fourth-order valence-electron chi connectivity index (χ4n) is 1.70. The van der Waals surface area contributed by atoms with Gasteiger partial charge in [-0.1, -0.05) is 62.2 Å². The molecule has 0 heterocycles. The summed E-state index contributed by atoms with van der Waals surface area (Å²) < 4.78 is 0. The lowest BCUT2D eigenvalue weighted by atomic mass is 10.2. The van der Waals surface area contributed by atoms with E-state index in [0.717, 1.165) is 24.2 Å². The number of carboxylic acid groups (broad SMARTS) is 1. The van der Waals surface area contributed by atoms with E-state index in [-0.39, 0.29) is 0 Å². The van der Waals surface area contributed by atoms with Crippen molar-refractivity contribution in [2.75, 3.05) is 0 Å². The third-order valence-electron chi connectivity index (χ3n) is 2.80. The van der Waals surface area contributed by atoms with Crippen molar-refractivity contribution in [1.29, 1.82) is 0 Å². The maximum absolute atomic E-state index is 11.2. The number of carboxylic acids is 1. The number of aliphatic carboxylic acids is 1. The molecule has 1 unspecified atom stereocenters. The standard InChI is InChI=1S/C16H22O2S/c1-2-3-4-5-9-12-15(16(17)18)19-13-14-10-7-6-8-11-14/h6-12,15H,2-5,13H2,1H3,(H,17,18)/b12-9+. The van der Waals surface area contributed by atoms with Crippen molar-refractivity contribution < 1.29 is 9.90 Å². The first kappa shape index (κ1) is 15.8. The van der Waals surface area contributed by atoms with Gasteiger partial charge in [-0.2, -0.15) is 0 Å². The van der Waals surface area contributed by atoms with Crippen molar-refractivity contribution in [2.45, 2.75) is 43.6 Å². The molecule has 3 heteroatoms. The molecule has 1 aromatic carbocycles. The van der Waals surface area contributed by atoms with E-state index in [0.29, 0.717) is 0 Å². The van der Waals surface area contributed by atoms with Crippen molar-refractivity contribution >= 4 is 17.7 Å². The maximum atomic E-state index is 11.2. The van der Waals surface area contributed by atoms with E-state index < -0.39 is 11.2 Å². The molecular weight excluding hydrogens is 256 g/mol. The van der Waals surface area contributed by atoms with Crippen LogP contribution in [0.15, 0.2) is 42.5 Å². The number of benzene rings is 1. The molecule has 0 saturated carbocycles. The zero-order valence-corrected chi connectivity index (χ0v) is 12.2. The minimum absolute atomic E-state index is 0.443. The summed E-state index contributed by atoms with van der Waals surface area (Å²) in [7, 11) is 0. The molecule has 0 aliphatic heterocycles. The summed E-state index contributed by atoms with van der Waals surface area (Å²) in [4.78, 5) is 11.2. The second-order valence-corrected chi connectivity index (χ2v) is 5.61. The number of hydrogen-bond donors (Lipinski definition) is 1. The number of rotatable bonds is 9. The Balaban J connectivity index is 2.38. The van der Waals surface area contributed by atoms with Crippen molar-refractivity contribution in [3.8, 4) is 0 Å². The van der Waals surface area contributed by atoms with Crippen LogP contribution in [0.1, 0.15) is 38.2 Å². The second-order valence-electron chi connectivity index (χ2n) is 4.48. The van der Waals surface area contributed by atoms with Crippen molar-refractivity contribution in [3.63, 3.8) is 0 Å². The van der Waals surface area contributed by atoms with Gasteiger partial charge in [0, 0.05) is 5.75 Å². The summed E-state index contributed by atoms with van der Waals surface area (Å²) in [6.45, 7) is 2.17. The van der Waals surface area contributed by atoms with E-state index in [9.17, 15) is 9.90 Å². The Morgan fingerprint density at radius 2 is 2.05 bits per heavy atom. The normalized spacial score (nSPS) is 12.7. The fraction of sp³-hybridized carbons (Fsp3) is 0.438. The lowest BCUT2D eigenvalue weighted by Gasteiger charge is -2.07. The van der Waals surface area contributed by atoms with E-state index in [1.807, 2.05) is 42.5 Å². The minimum atomic E-state index is -0.757. The van der Waals surface area contributed by atoms with Crippen LogP contribution >= 0.6 is 11.8 Å². The van der Waals surface area contributed by atoms with Gasteiger partial charge in [-0.15, -0.1) is 11.8 Å². The number of allylic oxidation sites excluding steroid dienone is 1. The third-order valence-corrected chi connectivity index (χ3v) is 4.02. The Morgan fingerprint density at radius 3 is 2.68 bits per heavy atom. The molecule has 0 spiro atoms. The molecule has 0 amide bonds. The zero-order valence-electron chi connectivity index (χ0n) is 11.4. The summed E-state index contributed by atoms with van der Waals surface area (Å²) in [5, 5.41) is 8.74. The van der Waals surface area contributed by atoms with Gasteiger partial charge in [0.25, 0.3) is 0 Å². The van der Waals surface area contributed by atoms with Gasteiger partial charge in [-0.3, -0.25) is 4.79 Å². The molecule has 1 atom stereocenters. The average molecular weight is 278 g/mol. The number of thioether (sulfide) groups is 1. The van der Waals surface area contributed by atoms with E-state index in [4.69, 9.17) is 0 Å². The monoisotopic (exact) mass is 278 g/mol. The summed E-state index contributed by atoms with van der Waals surface area (Å²) in [6, 6.07) is 9.97. The van der Waals surface area contributed by atoms with Gasteiger partial charge in [0.05, 0.1) is 0 Å². The zero-order chi connectivity index (χ0) is 13.9. The van der Waals surface area contributed by atoms with Gasteiger partial charge in [0.1, 0.15) is 5.25 Å². The Morgan fingerprint density at radius 1 is 1.32 bits per heavy atom. The molecule has 0 radical (unpaired) electrons. The molecule has 0 aromatic heterocycles. The lowest BCUT2D eigenvalue weighted by molar-refractivity contribution is -0.135. The molecule has 0 aliphatic carbocycles. The Hall–Kier alpha value is -1.22. The lowest BCUT2D eigenvalue weighted by Crippen LogP contribution is -2.13. The van der Waals surface area contributed by atoms with E-state index >= 15 is 0 Å². The van der Waals surface area contributed by atoms with Crippen LogP contribution in [0.4, 0.5) is 0 Å². The second kappa shape index (κ2) is 9.68. The third kappa shape index (κ3) is 7.06. The molecule has 0 fully saturated rings. The van der Waals surface area contributed by atoms with Gasteiger partial charge in [-0.05, 0) is 18.4 Å². The van der Waals surface area contributed by atoms with Crippen molar-refractivity contribution in [2.24, 2.45) is 0 Å². The molecule has 0 bridgehead atoms. The predicted octanol–water partition coefficient (Wildman–Crippen LogP) is 4.51. The highest BCUT2D eigenvalue weighted by Gasteiger charge is 2.13. The largest absolute Gasteiger partial charge is 0.480 e. The molecule has 1 aromatic rings. The van der Waals surface area contributed by atoms with Crippen LogP contribution in [0.3, 0.4) is 0 Å². The van der Waals surface area contributed by atoms with Crippen LogP contribution in [0.25, 0.3) is 0 Å². The highest BCUT2D eigenvalue weighted by molar-refractivity contribution is 8.00. The van der Waals surface area contributed by atoms with Gasteiger partial charge < -0.3 is 5.11 Å². The number of carbonyl (C=O) groups is 1. The quantitative estimate of drug-likeness (QED) is 0.533. The topological polar surface area (TPSA) is 37.3 Å². The SMILES string of the molecule is CCCCC/C=C/C(SCc1ccccc1)C(=O)O. The highest BCUT2D eigenvalue weighted by Crippen LogP contribution is 2.19. The Kier molecular flexibility index (Phi) is 8.07. The highest BCUT2D eigenvalue weighted by atomic mass is 32.2. The van der Waals surface area contributed by atoms with E-state index in [2.05, 4.69) is 6.92 Å². The predicted molar refractivity (Wildman–Crippen MR) is 82.4 cm³/mol. The van der Waals surface area contributed by atoms with Crippen molar-refractivity contribution in [3.05, 3.63) is 48.0 Å². The molecule has 0 aliphatic rings. The average Bonchev–Trinajstić information content (AvgIpc) is 2.42. The van der Waals surface area contributed by atoms with Crippen LogP contribution in [-0.4, -0.2) is 16.3 Å². The molecule has 1 N–H and O–H groups in total. The van der Waals surface area contributed by atoms with Crippen LogP contribution in [-0.2, 0) is 10.5 Å². The summed E-state index contributed by atoms with van der Waals surface area (Å²) >= 11 is 1.46. The van der Waals surface area contributed by atoms with Gasteiger partial charge >= 0.3 is 5.97 Å². The number of hydrogen-bond acceptors (Lipinski definition) is 2. The van der Waals surface area contributed by atoms with Gasteiger partial charge in [0.2, 0.25) is 0 Å². The van der Waals surface area contributed by atoms with Crippen LogP contribution < -0.4 is 0 Å². The molecule has 1 rings (SSSR count). The molecule has 104 valence electrons. The fourth-order valence-corrected chi connectivity index (χ4v) is 2.63. The first-order chi connectivity index (χ1) is 9.24. The number of unbranched alkanes of at least 4 members (excludes halogenated alkanes) is 3. The Bertz CT molecular complexity index is 387. The van der Waals surface area contributed by atoms with Crippen LogP contribution in [0.2, 0.25) is 0 Å². The van der Waals surface area contributed by atoms with E-state index in [1.54, 1.807) is 0 Å². The van der Waals surface area contributed by atoms with Gasteiger partial charge in [0.15, 0.2) is 0 Å². The van der Waals surface area contributed by atoms with Crippen molar-refractivity contribution in [1.82, 2.24) is 0 Å². The smallest absolute Gasteiger partial charge is 0.320 e. The van der Waals surface area contributed by atoms with Crippen LogP contribution in [0, 0.1) is 0 Å². The molecule has 0 saturated heterocycles. The Labute approximate surface area is 119 Å². The molecule has 2 nitrogen and oxygen atoms in total. The van der Waals surface area contributed by atoms with E-state index in [1.165, 1.54) is 24.6 Å². The van der Waals surface area contributed by atoms with Crippen LogP contribution in [0.5, 0.6) is 0 Å². The molecule has 19 heavy (non-hydrogen) atoms. The summed E-state index contributed by atoms with van der Waals surface area (Å²) in [5.74, 6) is -0.0235. The summed E-state index contributed by atoms with van der Waals surface area (Å²) in [6.07, 6.45) is 8.35. The first-order valence-electron chi connectivity index (χ1n) is 6.79. The first-order valence-corrected chi connectivity index (χ1v) is 7.84. The molecular formula is C16H22O2S. The summed E-state index contributed by atoms with van der Waals surface area (Å²) in [5.41, 5.74) is 1.16. The maximum Gasteiger partial charge on any atom is 0.320 e. The minimum Gasteiger partial charge on any atom is -0.480 e. The van der Waals surface area contributed by atoms with Gasteiger partial charge in [-0.25, -0.2) is 0 Å².